The zero-order valence-corrected chi connectivity index (χ0v) is 22.8. The van der Waals surface area contributed by atoms with Crippen LogP contribution >= 0.6 is 0 Å². The molecule has 0 saturated carbocycles. The number of rotatable bonds is 4. The van der Waals surface area contributed by atoms with E-state index in [0.29, 0.717) is 23.5 Å². The number of halogens is 3. The van der Waals surface area contributed by atoms with Crippen molar-refractivity contribution < 1.29 is 62.2 Å². The summed E-state index contributed by atoms with van der Waals surface area (Å²) in [6, 6.07) is 6.63. The molecule has 1 saturated heterocycles. The Labute approximate surface area is 238 Å². The fraction of sp³-hybridized carbons (Fsp3) is 0.292. The first-order valence-electron chi connectivity index (χ1n) is 11.1. The van der Waals surface area contributed by atoms with Gasteiger partial charge in [0, 0.05) is 24.8 Å². The van der Waals surface area contributed by atoms with Crippen molar-refractivity contribution in [3.05, 3.63) is 70.9 Å². The number of carbonyl (C=O) groups is 2. The maximum absolute atomic E-state index is 14.3. The zero-order valence-electron chi connectivity index (χ0n) is 20.8. The molecule has 0 radical (unpaired) electrons. The molecule has 1 aromatic carbocycles. The first kappa shape index (κ1) is 29.1. The number of hydrazone groups is 1. The molecule has 2 amide bonds. The fourth-order valence-corrected chi connectivity index (χ4v) is 4.04. The summed E-state index contributed by atoms with van der Waals surface area (Å²) in [6.07, 6.45) is 2.50. The molecule has 4 heterocycles. The number of pyridine rings is 1. The molecular formula is C24H22F3N6NaO4. The predicted molar refractivity (Wildman–Crippen MR) is 124 cm³/mol. The van der Waals surface area contributed by atoms with E-state index in [-0.39, 0.29) is 54.9 Å². The number of amides is 2. The third-order valence-corrected chi connectivity index (χ3v) is 5.66. The Bertz CT molecular complexity index is 1330. The summed E-state index contributed by atoms with van der Waals surface area (Å²) in [5.74, 6) is -1.67. The number of carbonyl (C=O) groups excluding carboxylic acids is 1. The minimum absolute atomic E-state index is 0. The number of ether oxygens (including phenoxy) is 1. The van der Waals surface area contributed by atoms with Crippen LogP contribution in [0.1, 0.15) is 29.4 Å². The Hall–Kier alpha value is -3.42. The van der Waals surface area contributed by atoms with Crippen LogP contribution in [-0.2, 0) is 4.79 Å². The van der Waals surface area contributed by atoms with Crippen LogP contribution in [0.4, 0.5) is 18.0 Å². The van der Waals surface area contributed by atoms with Crippen molar-refractivity contribution >= 4 is 18.7 Å². The maximum atomic E-state index is 14.3. The Morgan fingerprint density at radius 2 is 1.82 bits per heavy atom. The molecule has 0 spiro atoms. The van der Waals surface area contributed by atoms with Gasteiger partial charge in [0.25, 0.3) is 6.47 Å². The van der Waals surface area contributed by atoms with E-state index in [0.717, 1.165) is 18.0 Å². The largest absolute Gasteiger partial charge is 1.00 e. The summed E-state index contributed by atoms with van der Waals surface area (Å²) in [4.78, 5) is 26.8. The Morgan fingerprint density at radius 3 is 2.42 bits per heavy atom. The van der Waals surface area contributed by atoms with Gasteiger partial charge in [0.15, 0.2) is 17.4 Å². The van der Waals surface area contributed by atoms with Crippen molar-refractivity contribution in [3.63, 3.8) is 0 Å². The number of hydrogen-bond donors (Lipinski definition) is 1. The second-order valence-corrected chi connectivity index (χ2v) is 8.31. The summed E-state index contributed by atoms with van der Waals surface area (Å²) in [5, 5.41) is 16.5. The van der Waals surface area contributed by atoms with Crippen LogP contribution in [0.25, 0.3) is 5.82 Å². The maximum Gasteiger partial charge on any atom is 1.00 e. The Balaban J connectivity index is 0.000000956. The Kier molecular flexibility index (Phi) is 9.52. The SMILES string of the molecule is Cc1[c-]c(C)n(-c2cc(OC3CN(C(=O)N4N=CC[C@H]4c4cc(F)cc(F)c4)C3)c(F)cn2)n1.O=CO.[Na+]. The number of hydrogen-bond acceptors (Lipinski definition) is 6. The molecule has 0 aliphatic carbocycles. The average molecular weight is 538 g/mol. The molecule has 2 aliphatic heterocycles. The number of aryl methyl sites for hydroxylation is 2. The molecule has 1 fully saturated rings. The van der Waals surface area contributed by atoms with E-state index < -0.39 is 35.6 Å². The number of benzene rings is 1. The molecule has 5 rings (SSSR count). The molecular weight excluding hydrogens is 516 g/mol. The van der Waals surface area contributed by atoms with Gasteiger partial charge < -0.3 is 20.8 Å². The topological polar surface area (TPSA) is 113 Å². The van der Waals surface area contributed by atoms with Crippen molar-refractivity contribution in [3.8, 4) is 11.6 Å². The number of likely N-dealkylation sites (tertiary alicyclic amines) is 1. The van der Waals surface area contributed by atoms with Crippen molar-refractivity contribution in [2.24, 2.45) is 5.10 Å². The second kappa shape index (κ2) is 12.4. The van der Waals surface area contributed by atoms with Gasteiger partial charge in [-0.25, -0.2) is 33.1 Å². The van der Waals surface area contributed by atoms with E-state index in [1.807, 2.05) is 6.92 Å². The summed E-state index contributed by atoms with van der Waals surface area (Å²) in [5.41, 5.74) is 1.73. The third-order valence-electron chi connectivity index (χ3n) is 5.66. The molecule has 14 heteroatoms. The van der Waals surface area contributed by atoms with Crippen molar-refractivity contribution in [2.45, 2.75) is 32.4 Å². The van der Waals surface area contributed by atoms with E-state index in [4.69, 9.17) is 14.6 Å². The molecule has 1 N–H and O–H groups in total. The summed E-state index contributed by atoms with van der Waals surface area (Å²) >= 11 is 0. The van der Waals surface area contributed by atoms with Crippen LogP contribution in [0.15, 0.2) is 35.6 Å². The van der Waals surface area contributed by atoms with E-state index in [9.17, 15) is 18.0 Å². The predicted octanol–water partition coefficient (Wildman–Crippen LogP) is 0.422. The molecule has 10 nitrogen and oxygen atoms in total. The number of nitrogens with zero attached hydrogens (tertiary/aromatic N) is 6. The minimum Gasteiger partial charge on any atom is -0.483 e. The molecule has 194 valence electrons. The van der Waals surface area contributed by atoms with Gasteiger partial charge >= 0.3 is 35.6 Å². The van der Waals surface area contributed by atoms with Crippen LogP contribution in [0.5, 0.6) is 5.75 Å². The van der Waals surface area contributed by atoms with Crippen molar-refractivity contribution in [2.75, 3.05) is 13.1 Å². The van der Waals surface area contributed by atoms with Crippen LogP contribution in [0.3, 0.4) is 0 Å². The quantitative estimate of drug-likeness (QED) is 0.293. The van der Waals surface area contributed by atoms with Gasteiger partial charge in [-0.05, 0) is 17.7 Å². The normalized spacial score (nSPS) is 16.3. The first-order chi connectivity index (χ1) is 17.7. The van der Waals surface area contributed by atoms with E-state index in [1.54, 1.807) is 11.6 Å². The third kappa shape index (κ3) is 6.34. The summed E-state index contributed by atoms with van der Waals surface area (Å²) in [6.45, 7) is 3.77. The van der Waals surface area contributed by atoms with Gasteiger partial charge in [-0.15, -0.1) is 11.4 Å². The van der Waals surface area contributed by atoms with Gasteiger partial charge in [-0.2, -0.15) is 5.10 Å². The molecule has 3 aromatic rings. The zero-order chi connectivity index (χ0) is 26.7. The van der Waals surface area contributed by atoms with E-state index in [2.05, 4.69) is 21.3 Å². The summed E-state index contributed by atoms with van der Waals surface area (Å²) in [7, 11) is 0. The van der Waals surface area contributed by atoms with Crippen molar-refractivity contribution in [1.29, 1.82) is 0 Å². The molecule has 1 atom stereocenters. The number of aromatic nitrogens is 3. The van der Waals surface area contributed by atoms with Crippen LogP contribution in [0, 0.1) is 37.4 Å². The van der Waals surface area contributed by atoms with Gasteiger partial charge in [0.2, 0.25) is 0 Å². The van der Waals surface area contributed by atoms with Crippen LogP contribution < -0.4 is 34.3 Å². The summed E-state index contributed by atoms with van der Waals surface area (Å²) < 4.78 is 48.9. The van der Waals surface area contributed by atoms with Gasteiger partial charge in [-0.1, -0.05) is 13.8 Å². The smallest absolute Gasteiger partial charge is 0.483 e. The molecule has 2 aromatic heterocycles. The van der Waals surface area contributed by atoms with Crippen LogP contribution in [0.2, 0.25) is 0 Å². The van der Waals surface area contributed by atoms with Gasteiger partial charge in [0.05, 0.1) is 25.3 Å². The molecule has 2 aliphatic rings. The number of carboxylic acid groups (broad SMARTS) is 1. The second-order valence-electron chi connectivity index (χ2n) is 8.31. The standard InChI is InChI=1S/C23H20F3N6O2.CH2O2.Na/c1-13-5-14(2)31(29-13)22-9-21(19(26)10-27-22)34-18-11-30(12-18)23(33)32-20(3-4-28-32)15-6-16(24)8-17(25)7-15;2-1-3;/h4,6-10,18,20H,3,11-12H2,1-2H3;1H,(H,2,3);/q-1;;+1/t20-;;/m0../s1. The molecule has 0 bridgehead atoms. The van der Waals surface area contributed by atoms with E-state index >= 15 is 0 Å². The minimum atomic E-state index is -0.719. The van der Waals surface area contributed by atoms with Crippen LogP contribution in [-0.4, -0.2) is 67.7 Å². The first-order valence-corrected chi connectivity index (χ1v) is 11.1. The van der Waals surface area contributed by atoms with Gasteiger partial charge in [-0.3, -0.25) is 9.48 Å². The monoisotopic (exact) mass is 538 g/mol. The Morgan fingerprint density at radius 1 is 1.16 bits per heavy atom. The average Bonchev–Trinajstić information content (AvgIpc) is 3.43. The molecule has 0 unspecified atom stereocenters. The fourth-order valence-electron chi connectivity index (χ4n) is 4.04. The van der Waals surface area contributed by atoms with Gasteiger partial charge in [0.1, 0.15) is 17.7 Å². The van der Waals surface area contributed by atoms with Crippen molar-refractivity contribution in [1.82, 2.24) is 24.7 Å². The number of urea groups is 1. The molecule has 38 heavy (non-hydrogen) atoms. The van der Waals surface area contributed by atoms with E-state index in [1.165, 1.54) is 34.3 Å².